The van der Waals surface area contributed by atoms with E-state index in [9.17, 15) is 4.79 Å². The van der Waals surface area contributed by atoms with E-state index < -0.39 is 0 Å². The number of aromatic nitrogens is 2. The highest BCUT2D eigenvalue weighted by atomic mass is 16.6. The molecule has 8 heteroatoms. The van der Waals surface area contributed by atoms with Crippen LogP contribution in [0.4, 0.5) is 16.6 Å². The average molecular weight is 385 g/mol. The van der Waals surface area contributed by atoms with Crippen molar-refractivity contribution in [1.82, 2.24) is 14.9 Å². The van der Waals surface area contributed by atoms with Crippen molar-refractivity contribution in [3.63, 3.8) is 0 Å². The second-order valence-corrected chi connectivity index (χ2v) is 6.53. The number of ether oxygens (including phenoxy) is 2. The van der Waals surface area contributed by atoms with Crippen LogP contribution in [0.2, 0.25) is 0 Å². The minimum absolute atomic E-state index is 0.258. The number of aryl methyl sites for hydroxylation is 1. The third-order valence-corrected chi connectivity index (χ3v) is 4.58. The summed E-state index contributed by atoms with van der Waals surface area (Å²) in [5, 5.41) is 3.36. The number of amides is 1. The van der Waals surface area contributed by atoms with Gasteiger partial charge in [0.05, 0.1) is 13.7 Å². The van der Waals surface area contributed by atoms with Gasteiger partial charge in [0, 0.05) is 50.0 Å². The number of rotatable bonds is 6. The highest BCUT2D eigenvalue weighted by molar-refractivity contribution is 5.68. The van der Waals surface area contributed by atoms with Crippen molar-refractivity contribution in [2.75, 3.05) is 50.1 Å². The van der Waals surface area contributed by atoms with Crippen molar-refractivity contribution < 1.29 is 14.3 Å². The van der Waals surface area contributed by atoms with Crippen LogP contribution in [-0.2, 0) is 11.3 Å². The average Bonchev–Trinajstić information content (AvgIpc) is 2.72. The second-order valence-electron chi connectivity index (χ2n) is 6.53. The Morgan fingerprint density at radius 3 is 2.64 bits per heavy atom. The summed E-state index contributed by atoms with van der Waals surface area (Å²) >= 11 is 0. The largest absolute Gasteiger partial charge is 0.496 e. The summed E-state index contributed by atoms with van der Waals surface area (Å²) in [6, 6.07) is 9.82. The molecule has 1 amide bonds. The number of hydrogen-bond donors (Lipinski definition) is 1. The van der Waals surface area contributed by atoms with Gasteiger partial charge in [0.15, 0.2) is 0 Å². The molecule has 28 heavy (non-hydrogen) atoms. The number of carbonyl (C=O) groups excluding carboxylic acids is 1. The van der Waals surface area contributed by atoms with Crippen LogP contribution >= 0.6 is 0 Å². The van der Waals surface area contributed by atoms with Gasteiger partial charge in [0.2, 0.25) is 5.95 Å². The number of benzene rings is 1. The summed E-state index contributed by atoms with van der Waals surface area (Å²) < 4.78 is 10.5. The van der Waals surface area contributed by atoms with Gasteiger partial charge in [0.25, 0.3) is 0 Å². The van der Waals surface area contributed by atoms with E-state index in [1.807, 2.05) is 44.2 Å². The van der Waals surface area contributed by atoms with E-state index in [1.165, 1.54) is 0 Å². The zero-order valence-electron chi connectivity index (χ0n) is 16.6. The normalized spacial score (nSPS) is 14.0. The molecule has 2 heterocycles. The van der Waals surface area contributed by atoms with Gasteiger partial charge in [0.1, 0.15) is 11.6 Å². The lowest BCUT2D eigenvalue weighted by Gasteiger charge is -2.34. The monoisotopic (exact) mass is 385 g/mol. The molecular weight excluding hydrogens is 358 g/mol. The Morgan fingerprint density at radius 1 is 1.18 bits per heavy atom. The van der Waals surface area contributed by atoms with Gasteiger partial charge >= 0.3 is 6.09 Å². The van der Waals surface area contributed by atoms with Crippen molar-refractivity contribution >= 4 is 17.9 Å². The van der Waals surface area contributed by atoms with Crippen LogP contribution in [0.3, 0.4) is 0 Å². The first-order chi connectivity index (χ1) is 13.6. The number of carbonyl (C=O) groups is 1. The van der Waals surface area contributed by atoms with Crippen molar-refractivity contribution in [2.45, 2.75) is 20.4 Å². The topological polar surface area (TPSA) is 79.8 Å². The Bertz CT molecular complexity index is 806. The fourth-order valence-corrected chi connectivity index (χ4v) is 3.12. The van der Waals surface area contributed by atoms with E-state index in [0.29, 0.717) is 45.3 Å². The molecule has 1 aromatic heterocycles. The van der Waals surface area contributed by atoms with Gasteiger partial charge < -0.3 is 24.6 Å². The van der Waals surface area contributed by atoms with Crippen LogP contribution in [0.1, 0.15) is 18.2 Å². The van der Waals surface area contributed by atoms with Crippen LogP contribution in [-0.4, -0.2) is 60.9 Å². The molecule has 0 spiro atoms. The first-order valence-electron chi connectivity index (χ1n) is 9.48. The minimum Gasteiger partial charge on any atom is -0.496 e. The number of anilines is 2. The van der Waals surface area contributed by atoms with E-state index >= 15 is 0 Å². The molecule has 1 N–H and O–H groups in total. The Balaban J connectivity index is 1.64. The maximum Gasteiger partial charge on any atom is 0.409 e. The number of para-hydroxylation sites is 1. The SMILES string of the molecule is CCOC(=O)N1CCN(c2nc(C)cc(NCc3ccccc3OC)n2)CC1. The van der Waals surface area contributed by atoms with Crippen LogP contribution in [0.5, 0.6) is 5.75 Å². The maximum atomic E-state index is 11.9. The molecule has 0 bridgehead atoms. The Kier molecular flexibility index (Phi) is 6.52. The van der Waals surface area contributed by atoms with Gasteiger partial charge in [-0.2, -0.15) is 4.98 Å². The highest BCUT2D eigenvalue weighted by Crippen LogP contribution is 2.20. The molecular formula is C20H27N5O3. The lowest BCUT2D eigenvalue weighted by atomic mass is 10.2. The Hall–Kier alpha value is -3.03. The highest BCUT2D eigenvalue weighted by Gasteiger charge is 2.23. The summed E-state index contributed by atoms with van der Waals surface area (Å²) in [4.78, 5) is 24.9. The van der Waals surface area contributed by atoms with Gasteiger partial charge in [-0.05, 0) is 19.9 Å². The summed E-state index contributed by atoms with van der Waals surface area (Å²) in [5.74, 6) is 2.28. The molecule has 0 unspecified atom stereocenters. The number of piperazine rings is 1. The van der Waals surface area contributed by atoms with E-state index in [0.717, 1.165) is 22.8 Å². The van der Waals surface area contributed by atoms with Crippen LogP contribution in [0.25, 0.3) is 0 Å². The van der Waals surface area contributed by atoms with Crippen molar-refractivity contribution in [2.24, 2.45) is 0 Å². The molecule has 8 nitrogen and oxygen atoms in total. The minimum atomic E-state index is -0.258. The van der Waals surface area contributed by atoms with Gasteiger partial charge in [-0.15, -0.1) is 0 Å². The second kappa shape index (κ2) is 9.25. The summed E-state index contributed by atoms with van der Waals surface area (Å²) in [5.41, 5.74) is 1.95. The molecule has 1 fully saturated rings. The third kappa shape index (κ3) is 4.82. The summed E-state index contributed by atoms with van der Waals surface area (Å²) in [6.07, 6.45) is -0.258. The van der Waals surface area contributed by atoms with Crippen LogP contribution in [0, 0.1) is 6.92 Å². The molecule has 0 atom stereocenters. The molecule has 1 aliphatic rings. The summed E-state index contributed by atoms with van der Waals surface area (Å²) in [6.45, 7) is 7.31. The molecule has 3 rings (SSSR count). The zero-order valence-corrected chi connectivity index (χ0v) is 16.6. The standard InChI is InChI=1S/C20H27N5O3/c1-4-28-20(26)25-11-9-24(10-12-25)19-22-15(2)13-18(23-19)21-14-16-7-5-6-8-17(16)27-3/h5-8,13H,4,9-12,14H2,1-3H3,(H,21,22,23). The van der Waals surface area contributed by atoms with Gasteiger partial charge in [-0.1, -0.05) is 18.2 Å². The van der Waals surface area contributed by atoms with E-state index in [4.69, 9.17) is 9.47 Å². The maximum absolute atomic E-state index is 11.9. The first kappa shape index (κ1) is 19.7. The molecule has 1 aromatic carbocycles. The fraction of sp³-hybridized carbons (Fsp3) is 0.450. The van der Waals surface area contributed by atoms with E-state index in [1.54, 1.807) is 12.0 Å². The molecule has 0 aliphatic carbocycles. The van der Waals surface area contributed by atoms with E-state index in [2.05, 4.69) is 20.2 Å². The number of hydrogen-bond acceptors (Lipinski definition) is 7. The molecule has 150 valence electrons. The fourth-order valence-electron chi connectivity index (χ4n) is 3.12. The van der Waals surface area contributed by atoms with Crippen molar-refractivity contribution in [3.8, 4) is 5.75 Å². The lowest BCUT2D eigenvalue weighted by Crippen LogP contribution is -2.49. The molecule has 0 radical (unpaired) electrons. The van der Waals surface area contributed by atoms with Crippen LogP contribution < -0.4 is 15.0 Å². The predicted octanol–water partition coefficient (Wildman–Crippen LogP) is 2.68. The number of nitrogens with one attached hydrogen (secondary N) is 1. The van der Waals surface area contributed by atoms with Gasteiger partial charge in [-0.25, -0.2) is 9.78 Å². The third-order valence-electron chi connectivity index (χ3n) is 4.58. The summed E-state index contributed by atoms with van der Waals surface area (Å²) in [7, 11) is 1.67. The zero-order chi connectivity index (χ0) is 19.9. The Morgan fingerprint density at radius 2 is 1.93 bits per heavy atom. The molecule has 0 saturated carbocycles. The number of methoxy groups -OCH3 is 1. The quantitative estimate of drug-likeness (QED) is 0.819. The molecule has 1 saturated heterocycles. The van der Waals surface area contributed by atoms with Crippen molar-refractivity contribution in [3.05, 3.63) is 41.6 Å². The smallest absolute Gasteiger partial charge is 0.409 e. The Labute approximate surface area is 165 Å². The van der Waals surface area contributed by atoms with Gasteiger partial charge in [-0.3, -0.25) is 0 Å². The van der Waals surface area contributed by atoms with Crippen molar-refractivity contribution in [1.29, 1.82) is 0 Å². The molecule has 1 aliphatic heterocycles. The lowest BCUT2D eigenvalue weighted by molar-refractivity contribution is 0.105. The van der Waals surface area contributed by atoms with E-state index in [-0.39, 0.29) is 6.09 Å². The predicted molar refractivity (Wildman–Crippen MR) is 108 cm³/mol. The van der Waals surface area contributed by atoms with Crippen LogP contribution in [0.15, 0.2) is 30.3 Å². The number of nitrogens with zero attached hydrogens (tertiary/aromatic N) is 4. The first-order valence-corrected chi connectivity index (χ1v) is 9.48. The molecule has 2 aromatic rings.